The zero-order chi connectivity index (χ0) is 20.1. The molecule has 0 spiro atoms. The summed E-state index contributed by atoms with van der Waals surface area (Å²) in [4.78, 5) is 11.0. The van der Waals surface area contributed by atoms with Crippen LogP contribution in [0.25, 0.3) is 11.3 Å². The molecular formula is C19H27N5O4. The van der Waals surface area contributed by atoms with Gasteiger partial charge in [0.15, 0.2) is 11.5 Å². The van der Waals surface area contributed by atoms with Crippen LogP contribution in [0, 0.1) is 0 Å². The molecule has 0 radical (unpaired) electrons. The van der Waals surface area contributed by atoms with Crippen molar-refractivity contribution in [2.45, 2.75) is 13.2 Å². The van der Waals surface area contributed by atoms with Crippen molar-refractivity contribution in [3.8, 4) is 28.5 Å². The number of methoxy groups -OCH3 is 3. The van der Waals surface area contributed by atoms with Crippen molar-refractivity contribution >= 4 is 11.8 Å². The topological polar surface area (TPSA) is 104 Å². The number of nitrogens with one attached hydrogen (secondary N) is 1. The van der Waals surface area contributed by atoms with Gasteiger partial charge in [0.2, 0.25) is 11.7 Å². The normalized spacial score (nSPS) is 16.7. The largest absolute Gasteiger partial charge is 0.493 e. The summed E-state index contributed by atoms with van der Waals surface area (Å²) >= 11 is 0. The highest BCUT2D eigenvalue weighted by Gasteiger charge is 2.22. The van der Waals surface area contributed by atoms with E-state index in [1.54, 1.807) is 21.3 Å². The van der Waals surface area contributed by atoms with Crippen molar-refractivity contribution in [2.24, 2.45) is 0 Å². The molecule has 2 aromatic rings. The first-order valence-corrected chi connectivity index (χ1v) is 9.14. The molecule has 1 atom stereocenters. The van der Waals surface area contributed by atoms with Gasteiger partial charge in [0.05, 0.1) is 40.2 Å². The third-order valence-electron chi connectivity index (χ3n) is 4.51. The van der Waals surface area contributed by atoms with Crippen LogP contribution in [0.15, 0.2) is 18.2 Å². The van der Waals surface area contributed by atoms with Gasteiger partial charge in [-0.25, -0.2) is 4.98 Å². The standard InChI is InChI=1S/C19H27N5O4/c1-5-21-17-11-24(6-7-28-17)16-10-13(22-19(20)23-16)12-8-14(25-2)18(27-4)15(9-12)26-3/h8-10,17,21H,5-7,11H2,1-4H3,(H2,20,22,23). The van der Waals surface area contributed by atoms with E-state index in [1.807, 2.05) is 25.1 Å². The van der Waals surface area contributed by atoms with Gasteiger partial charge in [-0.15, -0.1) is 0 Å². The van der Waals surface area contributed by atoms with E-state index >= 15 is 0 Å². The first-order chi connectivity index (χ1) is 13.6. The van der Waals surface area contributed by atoms with Gasteiger partial charge >= 0.3 is 0 Å². The molecule has 3 N–H and O–H groups in total. The van der Waals surface area contributed by atoms with Gasteiger partial charge < -0.3 is 29.6 Å². The first-order valence-electron chi connectivity index (χ1n) is 9.14. The molecule has 9 nitrogen and oxygen atoms in total. The first kappa shape index (κ1) is 20.0. The molecule has 1 unspecified atom stereocenters. The molecule has 1 aliphatic heterocycles. The zero-order valence-corrected chi connectivity index (χ0v) is 16.7. The second-order valence-electron chi connectivity index (χ2n) is 6.25. The summed E-state index contributed by atoms with van der Waals surface area (Å²) in [5.41, 5.74) is 7.48. The van der Waals surface area contributed by atoms with E-state index in [1.165, 1.54) is 0 Å². The average molecular weight is 389 g/mol. The molecule has 152 valence electrons. The van der Waals surface area contributed by atoms with Crippen LogP contribution >= 0.6 is 0 Å². The zero-order valence-electron chi connectivity index (χ0n) is 16.7. The second kappa shape index (κ2) is 8.94. The van der Waals surface area contributed by atoms with E-state index in [-0.39, 0.29) is 12.2 Å². The summed E-state index contributed by atoms with van der Waals surface area (Å²) in [6, 6.07) is 5.59. The molecule has 9 heteroatoms. The summed E-state index contributed by atoms with van der Waals surface area (Å²) in [5, 5.41) is 3.30. The van der Waals surface area contributed by atoms with Crippen molar-refractivity contribution in [3.63, 3.8) is 0 Å². The van der Waals surface area contributed by atoms with E-state index < -0.39 is 0 Å². The van der Waals surface area contributed by atoms with Crippen molar-refractivity contribution in [1.82, 2.24) is 15.3 Å². The number of aromatic nitrogens is 2. The Morgan fingerprint density at radius 2 is 1.86 bits per heavy atom. The van der Waals surface area contributed by atoms with Crippen molar-refractivity contribution < 1.29 is 18.9 Å². The van der Waals surface area contributed by atoms with Crippen molar-refractivity contribution in [2.75, 3.05) is 58.2 Å². The van der Waals surface area contributed by atoms with E-state index in [0.29, 0.717) is 36.1 Å². The number of ether oxygens (including phenoxy) is 4. The molecule has 1 fully saturated rings. The fraction of sp³-hybridized carbons (Fsp3) is 0.474. The maximum absolute atomic E-state index is 6.01. The van der Waals surface area contributed by atoms with Crippen LogP contribution in [0.2, 0.25) is 0 Å². The summed E-state index contributed by atoms with van der Waals surface area (Å²) in [6.07, 6.45) is -0.0421. The number of hydrogen-bond acceptors (Lipinski definition) is 9. The number of likely N-dealkylation sites (N-methyl/N-ethyl adjacent to an activating group) is 1. The van der Waals surface area contributed by atoms with Crippen molar-refractivity contribution in [3.05, 3.63) is 18.2 Å². The minimum absolute atomic E-state index is 0.0421. The molecule has 0 aliphatic carbocycles. The molecule has 1 aromatic carbocycles. The van der Waals surface area contributed by atoms with Gasteiger partial charge in [0.25, 0.3) is 0 Å². The molecule has 0 bridgehead atoms. The molecule has 0 saturated carbocycles. The third kappa shape index (κ3) is 4.20. The summed E-state index contributed by atoms with van der Waals surface area (Å²) < 4.78 is 22.0. The minimum atomic E-state index is -0.0421. The molecule has 1 saturated heterocycles. The maximum atomic E-state index is 6.01. The Bertz CT molecular complexity index is 790. The number of anilines is 2. The van der Waals surface area contributed by atoms with E-state index in [0.717, 1.165) is 24.5 Å². The van der Waals surface area contributed by atoms with Crippen LogP contribution in [-0.2, 0) is 4.74 Å². The lowest BCUT2D eigenvalue weighted by Gasteiger charge is -2.34. The van der Waals surface area contributed by atoms with Crippen LogP contribution in [0.5, 0.6) is 17.2 Å². The molecular weight excluding hydrogens is 362 g/mol. The Morgan fingerprint density at radius 3 is 2.46 bits per heavy atom. The Labute approximate surface area is 164 Å². The third-order valence-corrected chi connectivity index (χ3v) is 4.51. The van der Waals surface area contributed by atoms with Gasteiger partial charge in [0.1, 0.15) is 12.0 Å². The number of nitrogens with zero attached hydrogens (tertiary/aromatic N) is 3. The quantitative estimate of drug-likeness (QED) is 0.729. The number of hydrogen-bond donors (Lipinski definition) is 2. The number of nitrogens with two attached hydrogens (primary N) is 1. The van der Waals surface area contributed by atoms with Gasteiger partial charge in [-0.1, -0.05) is 6.92 Å². The Kier molecular flexibility index (Phi) is 6.37. The van der Waals surface area contributed by atoms with Crippen molar-refractivity contribution in [1.29, 1.82) is 0 Å². The van der Waals surface area contributed by atoms with E-state index in [9.17, 15) is 0 Å². The Morgan fingerprint density at radius 1 is 1.14 bits per heavy atom. The number of nitrogen functional groups attached to an aromatic ring is 1. The van der Waals surface area contributed by atoms with Gasteiger partial charge in [-0.3, -0.25) is 5.32 Å². The minimum Gasteiger partial charge on any atom is -0.493 e. The number of benzene rings is 1. The van der Waals surface area contributed by atoms with Crippen LogP contribution in [-0.4, -0.2) is 63.8 Å². The maximum Gasteiger partial charge on any atom is 0.222 e. The predicted molar refractivity (Wildman–Crippen MR) is 107 cm³/mol. The summed E-state index contributed by atoms with van der Waals surface area (Å²) in [7, 11) is 4.73. The SMILES string of the molecule is CCNC1CN(c2cc(-c3cc(OC)c(OC)c(OC)c3)nc(N)n2)CCO1. The highest BCUT2D eigenvalue weighted by Crippen LogP contribution is 2.41. The van der Waals surface area contributed by atoms with Crippen LogP contribution in [0.1, 0.15) is 6.92 Å². The van der Waals surface area contributed by atoms with E-state index in [2.05, 4.69) is 20.2 Å². The molecule has 1 aromatic heterocycles. The van der Waals surface area contributed by atoms with E-state index in [4.69, 9.17) is 24.7 Å². The molecule has 0 amide bonds. The van der Waals surface area contributed by atoms with Gasteiger partial charge in [-0.2, -0.15) is 4.98 Å². The lowest BCUT2D eigenvalue weighted by atomic mass is 10.1. The van der Waals surface area contributed by atoms with Crippen LogP contribution in [0.4, 0.5) is 11.8 Å². The predicted octanol–water partition coefficient (Wildman–Crippen LogP) is 1.52. The lowest BCUT2D eigenvalue weighted by Crippen LogP contribution is -2.49. The number of morpholine rings is 1. The Balaban J connectivity index is 1.98. The summed E-state index contributed by atoms with van der Waals surface area (Å²) in [6.45, 7) is 4.90. The summed E-state index contributed by atoms with van der Waals surface area (Å²) in [5.74, 6) is 2.58. The lowest BCUT2D eigenvalue weighted by molar-refractivity contribution is 0.0192. The fourth-order valence-electron chi connectivity index (χ4n) is 3.20. The average Bonchev–Trinajstić information content (AvgIpc) is 2.72. The monoisotopic (exact) mass is 389 g/mol. The Hall–Kier alpha value is -2.78. The number of rotatable bonds is 7. The van der Waals surface area contributed by atoms with Crippen LogP contribution in [0.3, 0.4) is 0 Å². The molecule has 28 heavy (non-hydrogen) atoms. The second-order valence-corrected chi connectivity index (χ2v) is 6.25. The molecule has 2 heterocycles. The highest BCUT2D eigenvalue weighted by molar-refractivity contribution is 5.71. The molecule has 1 aliphatic rings. The fourth-order valence-corrected chi connectivity index (χ4v) is 3.20. The smallest absolute Gasteiger partial charge is 0.222 e. The van der Waals surface area contributed by atoms with Gasteiger partial charge in [0, 0.05) is 18.2 Å². The molecule has 3 rings (SSSR count). The van der Waals surface area contributed by atoms with Gasteiger partial charge in [-0.05, 0) is 18.7 Å². The highest BCUT2D eigenvalue weighted by atomic mass is 16.5. The van der Waals surface area contributed by atoms with Crippen LogP contribution < -0.4 is 30.2 Å².